The van der Waals surface area contributed by atoms with Gasteiger partial charge in [-0.1, -0.05) is 44.1 Å². The van der Waals surface area contributed by atoms with Crippen molar-refractivity contribution in [3.8, 4) is 12.3 Å². The topological polar surface area (TPSA) is 80.7 Å². The first-order valence-corrected chi connectivity index (χ1v) is 11.1. The lowest BCUT2D eigenvalue weighted by molar-refractivity contribution is -0.157. The second kappa shape index (κ2) is 14.7. The highest BCUT2D eigenvalue weighted by Gasteiger charge is 2.31. The summed E-state index contributed by atoms with van der Waals surface area (Å²) in [5.74, 6) is 2.15. The number of unbranched alkanes of at least 4 members (excludes halogenated alkanes) is 1. The normalized spacial score (nSPS) is 21.1. The zero-order valence-corrected chi connectivity index (χ0v) is 18.3. The van der Waals surface area contributed by atoms with Gasteiger partial charge in [-0.05, 0) is 44.9 Å². The molecule has 30 heavy (non-hydrogen) atoms. The molecule has 1 N–H and O–H groups in total. The summed E-state index contributed by atoms with van der Waals surface area (Å²) in [6.07, 6.45) is 18.7. The largest absolute Gasteiger partial charge is 0.464 e. The van der Waals surface area contributed by atoms with E-state index in [1.54, 1.807) is 6.92 Å². The minimum atomic E-state index is -1.71. The number of carbonyl (C=O) groups excluding carboxylic acids is 3. The third-order valence-electron chi connectivity index (χ3n) is 5.53. The fourth-order valence-electron chi connectivity index (χ4n) is 3.68. The molecule has 0 bridgehead atoms. The number of aliphatic hydroxyl groups is 1. The Bertz CT molecular complexity index is 655. The number of Topliss-reactive ketones (excluding diaryl/α,β-unsaturated/α-hetero) is 2. The molecule has 1 aliphatic carbocycles. The average Bonchev–Trinajstić information content (AvgIpc) is 3.09. The highest BCUT2D eigenvalue weighted by atomic mass is 16.5. The van der Waals surface area contributed by atoms with Gasteiger partial charge in [-0.3, -0.25) is 9.59 Å². The fraction of sp³-hybridized carbons (Fsp3) is 0.640. The van der Waals surface area contributed by atoms with Crippen molar-refractivity contribution in [3.63, 3.8) is 0 Å². The molecule has 4 atom stereocenters. The number of rotatable bonds is 14. The van der Waals surface area contributed by atoms with Gasteiger partial charge in [0.2, 0.25) is 6.10 Å². The molecule has 1 saturated carbocycles. The number of ketones is 2. The lowest BCUT2D eigenvalue weighted by atomic mass is 9.90. The van der Waals surface area contributed by atoms with Gasteiger partial charge in [0.1, 0.15) is 5.78 Å². The van der Waals surface area contributed by atoms with E-state index in [0.717, 1.165) is 32.1 Å². The van der Waals surface area contributed by atoms with Crippen molar-refractivity contribution in [2.75, 3.05) is 6.61 Å². The quantitative estimate of drug-likeness (QED) is 0.199. The first-order valence-electron chi connectivity index (χ1n) is 11.1. The number of hydrogen-bond donors (Lipinski definition) is 1. The number of allylic oxidation sites excluding steroid dienone is 4. The Morgan fingerprint density at radius 3 is 2.73 bits per heavy atom. The number of ether oxygens (including phenoxy) is 1. The van der Waals surface area contributed by atoms with Crippen LogP contribution in [0.4, 0.5) is 0 Å². The summed E-state index contributed by atoms with van der Waals surface area (Å²) in [6.45, 7) is 3.89. The van der Waals surface area contributed by atoms with Crippen molar-refractivity contribution in [3.05, 3.63) is 24.3 Å². The number of aliphatic hydroxyl groups excluding tert-OH is 1. The Balaban J connectivity index is 2.44. The molecule has 0 aromatic heterocycles. The van der Waals surface area contributed by atoms with Crippen molar-refractivity contribution in [1.29, 1.82) is 0 Å². The lowest BCUT2D eigenvalue weighted by Gasteiger charge is -2.13. The predicted molar refractivity (Wildman–Crippen MR) is 117 cm³/mol. The standard InChI is InChI=1S/C25H36O5/c1-4-7-12-19(5-2)13-11-14-20-17-18-22(26)21(20)15-9-8-10-16-23(27)24(28)25(29)30-6-3/h2,8-9,11,14,19-21,24,28H,4,6-7,10,12-13,15-18H2,1,3H3/t19-,20+,21-,24?/m1/s1. The number of esters is 1. The Hall–Kier alpha value is -2.19. The van der Waals surface area contributed by atoms with Gasteiger partial charge in [0.05, 0.1) is 6.61 Å². The van der Waals surface area contributed by atoms with E-state index in [-0.39, 0.29) is 36.6 Å². The van der Waals surface area contributed by atoms with Crippen LogP contribution in [0.2, 0.25) is 0 Å². The van der Waals surface area contributed by atoms with E-state index in [4.69, 9.17) is 6.42 Å². The Labute approximate surface area is 181 Å². The van der Waals surface area contributed by atoms with E-state index < -0.39 is 17.9 Å². The molecule has 0 aromatic rings. The van der Waals surface area contributed by atoms with Gasteiger partial charge >= 0.3 is 5.97 Å². The molecule has 0 heterocycles. The van der Waals surface area contributed by atoms with Crippen LogP contribution < -0.4 is 0 Å². The fourth-order valence-corrected chi connectivity index (χ4v) is 3.68. The molecule has 1 fully saturated rings. The van der Waals surface area contributed by atoms with Crippen molar-refractivity contribution in [1.82, 2.24) is 0 Å². The van der Waals surface area contributed by atoms with Gasteiger partial charge in [-0.2, -0.15) is 0 Å². The van der Waals surface area contributed by atoms with Crippen molar-refractivity contribution < 1.29 is 24.2 Å². The molecule has 166 valence electrons. The SMILES string of the molecule is C#C[C@@H](CC=C[C@H]1CCC(=O)[C@@H]1CC=CCCC(=O)C(O)C(=O)OCC)CCCC. The maximum absolute atomic E-state index is 12.2. The van der Waals surface area contributed by atoms with Gasteiger partial charge in [-0.15, -0.1) is 12.3 Å². The highest BCUT2D eigenvalue weighted by molar-refractivity contribution is 6.01. The van der Waals surface area contributed by atoms with Crippen molar-refractivity contribution in [2.24, 2.45) is 17.8 Å². The van der Waals surface area contributed by atoms with Crippen LogP contribution in [-0.2, 0) is 19.1 Å². The molecule has 1 rings (SSSR count). The minimum absolute atomic E-state index is 0.0294. The van der Waals surface area contributed by atoms with E-state index in [1.807, 2.05) is 12.2 Å². The number of carbonyl (C=O) groups is 3. The van der Waals surface area contributed by atoms with Crippen LogP contribution in [0.25, 0.3) is 0 Å². The van der Waals surface area contributed by atoms with E-state index in [0.29, 0.717) is 19.3 Å². The van der Waals surface area contributed by atoms with Crippen LogP contribution in [0, 0.1) is 30.1 Å². The second-order valence-electron chi connectivity index (χ2n) is 7.81. The molecule has 0 aliphatic heterocycles. The Kier molecular flexibility index (Phi) is 12.7. The summed E-state index contributed by atoms with van der Waals surface area (Å²) < 4.78 is 4.63. The summed E-state index contributed by atoms with van der Waals surface area (Å²) in [4.78, 5) is 35.4. The summed E-state index contributed by atoms with van der Waals surface area (Å²) >= 11 is 0. The van der Waals surface area contributed by atoms with Gasteiger partial charge in [-0.25, -0.2) is 4.79 Å². The van der Waals surface area contributed by atoms with Gasteiger partial charge < -0.3 is 9.84 Å². The van der Waals surface area contributed by atoms with Crippen LogP contribution in [-0.4, -0.2) is 35.4 Å². The van der Waals surface area contributed by atoms with Gasteiger partial charge in [0, 0.05) is 24.7 Å². The van der Waals surface area contributed by atoms with E-state index in [1.165, 1.54) is 0 Å². The molecule has 0 radical (unpaired) electrons. The van der Waals surface area contributed by atoms with E-state index in [9.17, 15) is 19.5 Å². The maximum atomic E-state index is 12.2. The molecule has 5 heteroatoms. The van der Waals surface area contributed by atoms with Crippen molar-refractivity contribution in [2.45, 2.75) is 77.7 Å². The van der Waals surface area contributed by atoms with Gasteiger partial charge in [0.15, 0.2) is 5.78 Å². The number of hydrogen-bond acceptors (Lipinski definition) is 5. The van der Waals surface area contributed by atoms with E-state index >= 15 is 0 Å². The predicted octanol–water partition coefficient (Wildman–Crippen LogP) is 4.19. The summed E-state index contributed by atoms with van der Waals surface area (Å²) in [5, 5.41) is 9.59. The van der Waals surface area contributed by atoms with Crippen molar-refractivity contribution >= 4 is 17.5 Å². The zero-order chi connectivity index (χ0) is 22.4. The lowest BCUT2D eigenvalue weighted by Crippen LogP contribution is -2.31. The average molecular weight is 417 g/mol. The molecule has 0 aromatic carbocycles. The summed E-state index contributed by atoms with van der Waals surface area (Å²) in [7, 11) is 0. The molecular formula is C25H36O5. The van der Waals surface area contributed by atoms with Crippen LogP contribution >= 0.6 is 0 Å². The molecule has 0 saturated heterocycles. The highest BCUT2D eigenvalue weighted by Crippen LogP contribution is 2.33. The molecule has 0 spiro atoms. The second-order valence-corrected chi connectivity index (χ2v) is 7.81. The zero-order valence-electron chi connectivity index (χ0n) is 18.3. The molecule has 1 unspecified atom stereocenters. The Morgan fingerprint density at radius 1 is 1.30 bits per heavy atom. The summed E-state index contributed by atoms with van der Waals surface area (Å²) in [5.41, 5.74) is 0. The Morgan fingerprint density at radius 2 is 2.07 bits per heavy atom. The van der Waals surface area contributed by atoms with Gasteiger partial charge in [0.25, 0.3) is 0 Å². The van der Waals surface area contributed by atoms with Crippen LogP contribution in [0.1, 0.15) is 71.6 Å². The molecular weight excluding hydrogens is 380 g/mol. The third-order valence-corrected chi connectivity index (χ3v) is 5.53. The smallest absolute Gasteiger partial charge is 0.342 e. The van der Waals surface area contributed by atoms with Crippen LogP contribution in [0.15, 0.2) is 24.3 Å². The minimum Gasteiger partial charge on any atom is -0.464 e. The maximum Gasteiger partial charge on any atom is 0.342 e. The first-order chi connectivity index (χ1) is 14.4. The number of terminal acetylenes is 1. The van der Waals surface area contributed by atoms with E-state index in [2.05, 4.69) is 29.7 Å². The first kappa shape index (κ1) is 25.8. The molecule has 1 aliphatic rings. The summed E-state index contributed by atoms with van der Waals surface area (Å²) in [6, 6.07) is 0. The van der Waals surface area contributed by atoms with Crippen LogP contribution in [0.5, 0.6) is 0 Å². The monoisotopic (exact) mass is 416 g/mol. The molecule has 5 nitrogen and oxygen atoms in total. The molecule has 0 amide bonds. The van der Waals surface area contributed by atoms with Crippen LogP contribution in [0.3, 0.4) is 0 Å². The third kappa shape index (κ3) is 9.09.